The zero-order valence-electron chi connectivity index (χ0n) is 19.6. The molecule has 0 spiro atoms. The highest BCUT2D eigenvalue weighted by atomic mass is 28.3. The van der Waals surface area contributed by atoms with Crippen molar-refractivity contribution in [3.63, 3.8) is 0 Å². The van der Waals surface area contributed by atoms with Gasteiger partial charge in [0.05, 0.1) is 5.60 Å². The Bertz CT molecular complexity index is 530. The molecule has 6 nitrogen and oxygen atoms in total. The summed E-state index contributed by atoms with van der Waals surface area (Å²) in [6.45, 7) is 17.5. The van der Waals surface area contributed by atoms with Crippen LogP contribution in [0, 0.1) is 0 Å². The first kappa shape index (κ1) is 27.7. The van der Waals surface area contributed by atoms with Crippen LogP contribution in [0.2, 0.25) is 25.7 Å². The molecule has 3 atom stereocenters. The van der Waals surface area contributed by atoms with Crippen LogP contribution in [-0.4, -0.2) is 70.3 Å². The van der Waals surface area contributed by atoms with Crippen LogP contribution in [0.5, 0.6) is 0 Å². The van der Waals surface area contributed by atoms with Gasteiger partial charge >= 0.3 is 5.97 Å². The minimum Gasteiger partial charge on any atom is -0.453 e. The van der Waals surface area contributed by atoms with Crippen LogP contribution >= 0.6 is 0 Å². The Kier molecular flexibility index (Phi) is 10.5. The second-order valence-corrected chi connectivity index (χ2v) is 16.0. The van der Waals surface area contributed by atoms with Crippen molar-refractivity contribution >= 4 is 35.0 Å². The number of methoxy groups -OCH3 is 1. The van der Waals surface area contributed by atoms with Gasteiger partial charge < -0.3 is 23.4 Å². The monoisotopic (exact) mass is 450 g/mol. The first-order valence-corrected chi connectivity index (χ1v) is 15.1. The van der Waals surface area contributed by atoms with Crippen molar-refractivity contribution in [3.8, 4) is 0 Å². The molecule has 0 rings (SSSR count). The molecule has 1 N–H and O–H groups in total. The van der Waals surface area contributed by atoms with Gasteiger partial charge in [-0.15, -0.1) is 0 Å². The van der Waals surface area contributed by atoms with Gasteiger partial charge in [-0.05, 0) is 40.5 Å². The third kappa shape index (κ3) is 7.19. The molecule has 3 unspecified atom stereocenters. The molecule has 0 aromatic rings. The second kappa shape index (κ2) is 10.6. The summed E-state index contributed by atoms with van der Waals surface area (Å²) in [5.74, 6) is -0.498. The van der Waals surface area contributed by atoms with E-state index in [1.165, 1.54) is 0 Å². The Hall–Kier alpha value is -0.299. The number of ether oxygens (including phenoxy) is 2. The van der Waals surface area contributed by atoms with Gasteiger partial charge in [-0.2, -0.15) is 0 Å². The topological polar surface area (TPSA) is 74.2 Å². The first-order valence-electron chi connectivity index (χ1n) is 9.81. The fourth-order valence-electron chi connectivity index (χ4n) is 3.27. The number of carbonyl (C=O) groups is 1. The highest BCUT2D eigenvalue weighted by Gasteiger charge is 2.58. The summed E-state index contributed by atoms with van der Waals surface area (Å²) in [7, 11) is 1.28. The third-order valence-corrected chi connectivity index (χ3v) is 8.66. The minimum absolute atomic E-state index is 0.307. The van der Waals surface area contributed by atoms with Crippen LogP contribution < -0.4 is 0 Å². The van der Waals surface area contributed by atoms with E-state index in [0.29, 0.717) is 45.8 Å². The minimum atomic E-state index is -1.38. The summed E-state index contributed by atoms with van der Waals surface area (Å²) < 4.78 is 22.8. The Morgan fingerprint density at radius 2 is 1.64 bits per heavy atom. The molecule has 0 fully saturated rings. The molecular formula is C19H42O6Si3. The van der Waals surface area contributed by atoms with E-state index in [4.69, 9.17) is 18.3 Å². The molecule has 0 aliphatic heterocycles. The van der Waals surface area contributed by atoms with Gasteiger partial charge in [-0.3, -0.25) is 0 Å². The Morgan fingerprint density at radius 1 is 1.14 bits per heavy atom. The maximum Gasteiger partial charge on any atom is 0.333 e. The number of hydrogen-bond acceptors (Lipinski definition) is 6. The summed E-state index contributed by atoms with van der Waals surface area (Å²) in [5, 5.41) is 11.5. The van der Waals surface area contributed by atoms with Crippen molar-refractivity contribution in [2.24, 2.45) is 0 Å². The summed E-state index contributed by atoms with van der Waals surface area (Å²) in [5.41, 5.74) is -3.13. The van der Waals surface area contributed by atoms with Crippen molar-refractivity contribution in [1.82, 2.24) is 0 Å². The first-order chi connectivity index (χ1) is 12.6. The maximum absolute atomic E-state index is 12.4. The van der Waals surface area contributed by atoms with Gasteiger partial charge in [0.2, 0.25) is 0 Å². The average molecular weight is 451 g/mol. The molecule has 0 bridgehead atoms. The molecule has 0 aliphatic rings. The summed E-state index contributed by atoms with van der Waals surface area (Å²) >= 11 is 0. The van der Waals surface area contributed by atoms with Crippen molar-refractivity contribution in [2.45, 2.75) is 95.7 Å². The van der Waals surface area contributed by atoms with Crippen LogP contribution in [0.15, 0.2) is 12.2 Å². The Balaban J connectivity index is 5.99. The summed E-state index contributed by atoms with van der Waals surface area (Å²) in [6, 6.07) is 0.930. The van der Waals surface area contributed by atoms with Gasteiger partial charge in [0.15, 0.2) is 0 Å². The quantitative estimate of drug-likeness (QED) is 0.198. The van der Waals surface area contributed by atoms with Crippen molar-refractivity contribution < 1.29 is 28.2 Å². The van der Waals surface area contributed by atoms with E-state index in [1.54, 1.807) is 21.0 Å². The highest BCUT2D eigenvalue weighted by molar-refractivity contribution is 6.76. The molecule has 0 heterocycles. The van der Waals surface area contributed by atoms with Crippen LogP contribution in [0.1, 0.15) is 47.0 Å². The van der Waals surface area contributed by atoms with Crippen molar-refractivity contribution in [2.75, 3.05) is 7.11 Å². The molecule has 166 valence electrons. The fraction of sp³-hybridized carbons (Fsp3) is 0.842. The van der Waals surface area contributed by atoms with E-state index in [-0.39, 0.29) is 6.29 Å². The molecule has 0 saturated carbocycles. The largest absolute Gasteiger partial charge is 0.453 e. The highest BCUT2D eigenvalue weighted by Crippen LogP contribution is 2.44. The number of aliphatic hydroxyl groups is 1. The lowest BCUT2D eigenvalue weighted by Gasteiger charge is -2.52. The van der Waals surface area contributed by atoms with Gasteiger partial charge in [0.1, 0.15) is 38.5 Å². The van der Waals surface area contributed by atoms with Crippen molar-refractivity contribution in [3.05, 3.63) is 12.2 Å². The zero-order chi connectivity index (χ0) is 22.4. The van der Waals surface area contributed by atoms with E-state index in [2.05, 4.69) is 26.2 Å². The van der Waals surface area contributed by atoms with Crippen LogP contribution in [0.4, 0.5) is 0 Å². The molecule has 0 radical (unpaired) electrons. The lowest BCUT2D eigenvalue weighted by molar-refractivity contribution is -0.253. The summed E-state index contributed by atoms with van der Waals surface area (Å²) in [6.07, 6.45) is 1.20. The number of esters is 1. The average Bonchev–Trinajstić information content (AvgIpc) is 2.59. The second-order valence-electron chi connectivity index (χ2n) is 9.41. The standard InChI is InChI=1S/C19H42O6Si3/c1-14(2)16(20)23-18(4,11-10-15(24-26)25-27)19(5,22-6)17(3,21)12-13-28(7,8)9/h15,21H,1,10-13H2,2-9,26-27H3. The summed E-state index contributed by atoms with van der Waals surface area (Å²) in [4.78, 5) is 12.4. The zero-order valence-corrected chi connectivity index (χ0v) is 24.6. The Labute approximate surface area is 178 Å². The maximum atomic E-state index is 12.4. The van der Waals surface area contributed by atoms with E-state index in [0.717, 1.165) is 6.04 Å². The van der Waals surface area contributed by atoms with Crippen LogP contribution in [0.25, 0.3) is 0 Å². The number of carbonyl (C=O) groups excluding carboxylic acids is 1. The van der Waals surface area contributed by atoms with Crippen LogP contribution in [-0.2, 0) is 23.1 Å². The van der Waals surface area contributed by atoms with Gasteiger partial charge in [0.25, 0.3) is 0 Å². The normalized spacial score (nSPS) is 20.0. The van der Waals surface area contributed by atoms with Gasteiger partial charge in [0, 0.05) is 27.2 Å². The molecule has 0 aromatic carbocycles. The molecule has 0 saturated heterocycles. The van der Waals surface area contributed by atoms with E-state index in [9.17, 15) is 9.90 Å². The predicted molar refractivity (Wildman–Crippen MR) is 123 cm³/mol. The molecule has 28 heavy (non-hydrogen) atoms. The molecular weight excluding hydrogens is 408 g/mol. The smallest absolute Gasteiger partial charge is 0.333 e. The predicted octanol–water partition coefficient (Wildman–Crippen LogP) is 1.45. The van der Waals surface area contributed by atoms with E-state index in [1.807, 2.05) is 13.8 Å². The molecule has 9 heteroatoms. The van der Waals surface area contributed by atoms with Crippen molar-refractivity contribution in [1.29, 1.82) is 0 Å². The lowest BCUT2D eigenvalue weighted by atomic mass is 9.70. The molecule has 0 aromatic heterocycles. The Morgan fingerprint density at radius 3 is 2.00 bits per heavy atom. The molecule has 0 amide bonds. The fourth-order valence-corrected chi connectivity index (χ4v) is 5.74. The lowest BCUT2D eigenvalue weighted by Crippen LogP contribution is -2.66. The number of rotatable bonds is 13. The van der Waals surface area contributed by atoms with E-state index >= 15 is 0 Å². The van der Waals surface area contributed by atoms with Gasteiger partial charge in [-0.25, -0.2) is 4.79 Å². The molecule has 0 aliphatic carbocycles. The van der Waals surface area contributed by atoms with Crippen LogP contribution in [0.3, 0.4) is 0 Å². The SMILES string of the molecule is C=C(C)C(=O)OC(C)(CCC(O[SiH3])O[SiH3])C(C)(OC)C(C)(O)CC[Si](C)(C)C. The third-order valence-electron chi connectivity index (χ3n) is 5.86. The van der Waals surface area contributed by atoms with Gasteiger partial charge in [-0.1, -0.05) is 32.3 Å². The number of hydrogen-bond donors (Lipinski definition) is 1. The van der Waals surface area contributed by atoms with E-state index < -0.39 is 30.8 Å².